The molecule has 1 aliphatic carbocycles. The molecule has 1 fully saturated rings. The van der Waals surface area contributed by atoms with E-state index in [1.807, 2.05) is 37.3 Å². The molecule has 1 aromatic carbocycles. The van der Waals surface area contributed by atoms with Gasteiger partial charge in [-0.2, -0.15) is 4.31 Å². The van der Waals surface area contributed by atoms with Crippen molar-refractivity contribution in [3.05, 3.63) is 52.7 Å². The summed E-state index contributed by atoms with van der Waals surface area (Å²) in [5, 5.41) is 12.1. The zero-order chi connectivity index (χ0) is 28.6. The van der Waals surface area contributed by atoms with Crippen molar-refractivity contribution in [1.82, 2.24) is 14.6 Å². The SMILES string of the molecule is CNC(=O)c1c(-c2ccc(C)cc2)oc2nc(CN(CCCCCCCCCC(=O)O)[SH](=O)=O)c(C3CC3)cc12. The van der Waals surface area contributed by atoms with Crippen LogP contribution in [0.1, 0.15) is 97.3 Å². The fourth-order valence-electron chi connectivity index (χ4n) is 5.05. The number of thiol groups is 1. The molecule has 0 spiro atoms. The van der Waals surface area contributed by atoms with Gasteiger partial charge in [0.25, 0.3) is 5.91 Å². The quantitative estimate of drug-likeness (QED) is 0.152. The van der Waals surface area contributed by atoms with Crippen LogP contribution >= 0.6 is 0 Å². The van der Waals surface area contributed by atoms with Crippen LogP contribution in [0.15, 0.2) is 34.7 Å². The van der Waals surface area contributed by atoms with E-state index in [1.165, 1.54) is 4.31 Å². The Balaban J connectivity index is 1.50. The smallest absolute Gasteiger partial charge is 0.303 e. The van der Waals surface area contributed by atoms with Gasteiger partial charge in [-0.05, 0) is 50.2 Å². The largest absolute Gasteiger partial charge is 0.481 e. The second-order valence-electron chi connectivity index (χ2n) is 10.6. The highest BCUT2D eigenvalue weighted by Crippen LogP contribution is 2.44. The van der Waals surface area contributed by atoms with Crippen LogP contribution in [0.3, 0.4) is 0 Å². The van der Waals surface area contributed by atoms with Crippen molar-refractivity contribution in [1.29, 1.82) is 0 Å². The zero-order valence-electron chi connectivity index (χ0n) is 23.3. The number of carbonyl (C=O) groups is 2. The molecule has 1 aliphatic rings. The zero-order valence-corrected chi connectivity index (χ0v) is 24.2. The van der Waals surface area contributed by atoms with Crippen molar-refractivity contribution in [2.45, 2.75) is 83.6 Å². The Kier molecular flexibility index (Phi) is 10.3. The van der Waals surface area contributed by atoms with E-state index in [-0.39, 0.29) is 18.9 Å². The summed E-state index contributed by atoms with van der Waals surface area (Å²) in [7, 11) is -1.20. The van der Waals surface area contributed by atoms with Crippen molar-refractivity contribution < 1.29 is 27.5 Å². The minimum Gasteiger partial charge on any atom is -0.481 e. The van der Waals surface area contributed by atoms with Gasteiger partial charge in [-0.25, -0.2) is 13.4 Å². The lowest BCUT2D eigenvalue weighted by Gasteiger charge is -2.17. The Hall–Kier alpha value is -3.24. The number of nitrogens with zero attached hydrogens (tertiary/aromatic N) is 2. The lowest BCUT2D eigenvalue weighted by Crippen LogP contribution is -2.24. The number of carboxylic acids is 1. The van der Waals surface area contributed by atoms with Crippen LogP contribution in [-0.4, -0.2) is 48.3 Å². The number of unbranched alkanes of at least 4 members (excludes halogenated alkanes) is 6. The molecular weight excluding hydrogens is 530 g/mol. The maximum Gasteiger partial charge on any atom is 0.303 e. The Labute approximate surface area is 237 Å². The molecule has 40 heavy (non-hydrogen) atoms. The maximum absolute atomic E-state index is 13.0. The maximum atomic E-state index is 13.0. The minimum absolute atomic E-state index is 0.172. The van der Waals surface area contributed by atoms with Gasteiger partial charge in [-0.3, -0.25) is 9.59 Å². The number of fused-ring (bicyclic) bond motifs is 1. The number of nitrogens with one attached hydrogen (secondary N) is 1. The van der Waals surface area contributed by atoms with Gasteiger partial charge < -0.3 is 14.8 Å². The van der Waals surface area contributed by atoms with E-state index in [1.54, 1.807) is 7.05 Å². The average molecular weight is 570 g/mol. The van der Waals surface area contributed by atoms with Crippen LogP contribution < -0.4 is 5.32 Å². The van der Waals surface area contributed by atoms with Crippen molar-refractivity contribution in [3.8, 4) is 11.3 Å². The van der Waals surface area contributed by atoms with E-state index in [0.29, 0.717) is 47.0 Å². The third-order valence-corrected chi connectivity index (χ3v) is 8.25. The van der Waals surface area contributed by atoms with Crippen LogP contribution in [0.2, 0.25) is 0 Å². The second-order valence-corrected chi connectivity index (χ2v) is 11.7. The number of pyridine rings is 1. The number of benzene rings is 1. The summed E-state index contributed by atoms with van der Waals surface area (Å²) in [4.78, 5) is 28.4. The Morgan fingerprint density at radius 2 is 1.70 bits per heavy atom. The highest BCUT2D eigenvalue weighted by molar-refractivity contribution is 7.69. The molecule has 1 amide bonds. The van der Waals surface area contributed by atoms with E-state index in [9.17, 15) is 18.0 Å². The number of aromatic nitrogens is 1. The van der Waals surface area contributed by atoms with Gasteiger partial charge in [0.1, 0.15) is 5.76 Å². The standard InChI is InChI=1S/C30H39N3O6S/c1-20-11-13-22(14-12-20)28-27(29(36)31-2)24-18-23(21-15-16-21)25(32-30(24)39-28)19-33(40(37)38)17-9-7-5-3-4-6-8-10-26(34)35/h11-14,18,21,40H,3-10,15-17,19H2,1-2H3,(H,31,36)(H,34,35). The number of rotatable bonds is 16. The molecule has 1 saturated carbocycles. The van der Waals surface area contributed by atoms with Crippen LogP contribution in [-0.2, 0) is 22.2 Å². The van der Waals surface area contributed by atoms with Crippen molar-refractivity contribution in [2.24, 2.45) is 0 Å². The highest BCUT2D eigenvalue weighted by atomic mass is 32.2. The van der Waals surface area contributed by atoms with E-state index in [4.69, 9.17) is 14.5 Å². The van der Waals surface area contributed by atoms with E-state index in [2.05, 4.69) is 5.32 Å². The molecule has 2 N–H and O–H groups in total. The monoisotopic (exact) mass is 569 g/mol. The molecule has 0 aliphatic heterocycles. The minimum atomic E-state index is -2.79. The van der Waals surface area contributed by atoms with Crippen LogP contribution in [0.4, 0.5) is 0 Å². The number of hydrogen-bond donors (Lipinski definition) is 3. The molecule has 4 rings (SSSR count). The van der Waals surface area contributed by atoms with Crippen molar-refractivity contribution >= 4 is 33.9 Å². The van der Waals surface area contributed by atoms with Crippen LogP contribution in [0, 0.1) is 6.92 Å². The summed E-state index contributed by atoms with van der Waals surface area (Å²) in [6.07, 6.45) is 8.50. The molecule has 9 nitrogen and oxygen atoms in total. The van der Waals surface area contributed by atoms with Crippen molar-refractivity contribution in [2.75, 3.05) is 13.6 Å². The topological polar surface area (TPSA) is 130 Å². The number of furan rings is 1. The fourth-order valence-corrected chi connectivity index (χ4v) is 5.61. The lowest BCUT2D eigenvalue weighted by atomic mass is 10.0. The third-order valence-electron chi connectivity index (χ3n) is 7.45. The Morgan fingerprint density at radius 1 is 1.05 bits per heavy atom. The summed E-state index contributed by atoms with van der Waals surface area (Å²) in [5.74, 6) is -0.252. The first-order valence-corrected chi connectivity index (χ1v) is 15.3. The average Bonchev–Trinajstić information content (AvgIpc) is 3.71. The number of aryl methyl sites for hydroxylation is 1. The van der Waals surface area contributed by atoms with Gasteiger partial charge >= 0.3 is 5.97 Å². The molecular formula is C30H39N3O6S. The first kappa shape index (κ1) is 29.7. The molecule has 3 aromatic rings. The number of aliphatic carboxylic acids is 1. The molecule has 0 unspecified atom stereocenters. The molecule has 10 heteroatoms. The third kappa shape index (κ3) is 7.69. The van der Waals surface area contributed by atoms with Gasteiger partial charge in [0.15, 0.2) is 0 Å². The summed E-state index contributed by atoms with van der Waals surface area (Å²) in [6, 6.07) is 9.74. The molecule has 0 radical (unpaired) electrons. The summed E-state index contributed by atoms with van der Waals surface area (Å²) in [5.41, 5.74) is 4.31. The summed E-state index contributed by atoms with van der Waals surface area (Å²) >= 11 is 0. The van der Waals surface area contributed by atoms with E-state index >= 15 is 0 Å². The Bertz CT molecular complexity index is 1400. The second kappa shape index (κ2) is 13.9. The first-order chi connectivity index (χ1) is 19.3. The van der Waals surface area contributed by atoms with E-state index < -0.39 is 16.9 Å². The van der Waals surface area contributed by atoms with Crippen LogP contribution in [0.5, 0.6) is 0 Å². The van der Waals surface area contributed by atoms with Gasteiger partial charge in [-0.15, -0.1) is 0 Å². The fraction of sp³-hybridized carbons (Fsp3) is 0.500. The number of carbonyl (C=O) groups excluding carboxylic acids is 1. The van der Waals surface area contributed by atoms with Crippen molar-refractivity contribution in [3.63, 3.8) is 0 Å². The number of hydrogen-bond acceptors (Lipinski definition) is 6. The van der Waals surface area contributed by atoms with Gasteiger partial charge in [0, 0.05) is 25.6 Å². The van der Waals surface area contributed by atoms with Crippen LogP contribution in [0.25, 0.3) is 22.4 Å². The summed E-state index contributed by atoms with van der Waals surface area (Å²) < 4.78 is 32.0. The molecule has 0 bridgehead atoms. The molecule has 2 aromatic heterocycles. The molecule has 0 saturated heterocycles. The predicted molar refractivity (Wildman–Crippen MR) is 155 cm³/mol. The highest BCUT2D eigenvalue weighted by Gasteiger charge is 2.31. The lowest BCUT2D eigenvalue weighted by molar-refractivity contribution is -0.137. The number of amides is 1. The van der Waals surface area contributed by atoms with Gasteiger partial charge in [0.05, 0.1) is 23.2 Å². The predicted octanol–water partition coefficient (Wildman–Crippen LogP) is 5.57. The number of carboxylic acid groups (broad SMARTS) is 1. The normalized spacial score (nSPS) is 13.4. The van der Waals surface area contributed by atoms with Gasteiger partial charge in [-0.1, -0.05) is 61.9 Å². The first-order valence-electron chi connectivity index (χ1n) is 14.1. The van der Waals surface area contributed by atoms with E-state index in [0.717, 1.165) is 68.1 Å². The molecule has 0 atom stereocenters. The Morgan fingerprint density at radius 3 is 2.30 bits per heavy atom. The van der Waals surface area contributed by atoms with Gasteiger partial charge in [0.2, 0.25) is 16.6 Å². The molecule has 2 heterocycles. The summed E-state index contributed by atoms with van der Waals surface area (Å²) in [6.45, 7) is 2.58. The molecule has 216 valence electrons.